The molecule has 0 aromatic heterocycles. The van der Waals surface area contributed by atoms with Crippen LogP contribution in [-0.2, 0) is 18.9 Å². The van der Waals surface area contributed by atoms with Gasteiger partial charge in [0.2, 0.25) is 0 Å². The second-order valence-electron chi connectivity index (χ2n) is 5.49. The van der Waals surface area contributed by atoms with Crippen LogP contribution in [0.1, 0.15) is 41.4 Å². The third-order valence-electron chi connectivity index (χ3n) is 3.98. The third-order valence-corrected chi connectivity index (χ3v) is 3.98. The van der Waals surface area contributed by atoms with Crippen molar-refractivity contribution in [2.24, 2.45) is 0 Å². The minimum atomic E-state index is -0.714. The maximum absolute atomic E-state index is 12.3. The molecule has 0 aliphatic carbocycles. The highest BCUT2D eigenvalue weighted by Crippen LogP contribution is 2.30. The quantitative estimate of drug-likeness (QED) is 0.570. The van der Waals surface area contributed by atoms with Crippen LogP contribution in [-0.4, -0.2) is 52.3 Å². The molecule has 2 aromatic carbocycles. The summed E-state index contributed by atoms with van der Waals surface area (Å²) in [6.45, 7) is 0. The van der Waals surface area contributed by atoms with Crippen LogP contribution in [0, 0.1) is 0 Å². The summed E-state index contributed by atoms with van der Waals surface area (Å²) in [7, 11) is 4.82. The second kappa shape index (κ2) is 8.81. The first kappa shape index (κ1) is 20.6. The van der Waals surface area contributed by atoms with Gasteiger partial charge >= 0.3 is 23.9 Å². The predicted molar refractivity (Wildman–Crippen MR) is 97.2 cm³/mol. The minimum Gasteiger partial charge on any atom is -0.465 e. The minimum absolute atomic E-state index is 0.0429. The van der Waals surface area contributed by atoms with Gasteiger partial charge in [0.25, 0.3) is 0 Å². The van der Waals surface area contributed by atoms with Crippen molar-refractivity contribution in [3.8, 4) is 11.1 Å². The average molecular weight is 386 g/mol. The van der Waals surface area contributed by atoms with E-state index in [1.807, 2.05) is 0 Å². The number of rotatable bonds is 5. The molecule has 0 heterocycles. The number of benzene rings is 2. The monoisotopic (exact) mass is 386 g/mol. The summed E-state index contributed by atoms with van der Waals surface area (Å²) < 4.78 is 18.9. The molecule has 146 valence electrons. The van der Waals surface area contributed by atoms with Crippen molar-refractivity contribution in [2.75, 3.05) is 28.4 Å². The van der Waals surface area contributed by atoms with Crippen LogP contribution in [0.2, 0.25) is 0 Å². The molecule has 0 bridgehead atoms. The Kier molecular flexibility index (Phi) is 6.49. The number of hydrogen-bond donors (Lipinski definition) is 0. The molecular weight excluding hydrogens is 368 g/mol. The van der Waals surface area contributed by atoms with Crippen LogP contribution < -0.4 is 0 Å². The van der Waals surface area contributed by atoms with Crippen LogP contribution in [0.5, 0.6) is 0 Å². The zero-order chi connectivity index (χ0) is 20.8. The lowest BCUT2D eigenvalue weighted by atomic mass is 9.92. The lowest BCUT2D eigenvalue weighted by Crippen LogP contribution is -2.11. The van der Waals surface area contributed by atoms with Gasteiger partial charge in [-0.3, -0.25) is 0 Å². The first-order valence-electron chi connectivity index (χ1n) is 7.99. The molecule has 0 spiro atoms. The van der Waals surface area contributed by atoms with Crippen molar-refractivity contribution in [1.82, 2.24) is 0 Å². The molecule has 0 aliphatic heterocycles. The number of carbonyl (C=O) groups is 4. The zero-order valence-corrected chi connectivity index (χ0v) is 15.7. The SMILES string of the molecule is COC(=O)c1ccc(-c2ccc(C(=O)OC)cc2C(=O)OC)c(C(=O)OC)c1. The Morgan fingerprint density at radius 2 is 0.857 bits per heavy atom. The highest BCUT2D eigenvalue weighted by molar-refractivity contribution is 6.06. The molecule has 0 N–H and O–H groups in total. The smallest absolute Gasteiger partial charge is 0.338 e. The lowest BCUT2D eigenvalue weighted by molar-refractivity contribution is 0.0580. The fraction of sp³-hybridized carbons (Fsp3) is 0.200. The standard InChI is InChI=1S/C20H18O8/c1-25-17(21)11-5-7-13(15(9-11)19(23)27-3)14-8-6-12(18(22)26-2)10-16(14)20(24)28-4/h5-10H,1-4H3. The summed E-state index contributed by atoms with van der Waals surface area (Å²) in [6, 6.07) is 8.48. The molecule has 0 unspecified atom stereocenters. The summed E-state index contributed by atoms with van der Waals surface area (Å²) in [5.41, 5.74) is 0.991. The number of hydrogen-bond acceptors (Lipinski definition) is 8. The van der Waals surface area contributed by atoms with Crippen molar-refractivity contribution in [3.63, 3.8) is 0 Å². The maximum atomic E-state index is 12.3. The molecule has 28 heavy (non-hydrogen) atoms. The first-order chi connectivity index (χ1) is 13.4. The van der Waals surface area contributed by atoms with E-state index in [0.717, 1.165) is 0 Å². The Morgan fingerprint density at radius 1 is 0.536 bits per heavy atom. The van der Waals surface area contributed by atoms with E-state index in [-0.39, 0.29) is 22.3 Å². The van der Waals surface area contributed by atoms with Gasteiger partial charge in [-0.1, -0.05) is 12.1 Å². The summed E-state index contributed by atoms with van der Waals surface area (Å²) in [6.07, 6.45) is 0. The highest BCUT2D eigenvalue weighted by Gasteiger charge is 2.23. The molecular formula is C20H18O8. The predicted octanol–water partition coefficient (Wildman–Crippen LogP) is 2.50. The van der Waals surface area contributed by atoms with Gasteiger partial charge in [0.15, 0.2) is 0 Å². The van der Waals surface area contributed by atoms with E-state index in [4.69, 9.17) is 9.47 Å². The normalized spacial score (nSPS) is 10.0. The number of esters is 4. The molecule has 2 rings (SSSR count). The van der Waals surface area contributed by atoms with Gasteiger partial charge < -0.3 is 18.9 Å². The van der Waals surface area contributed by atoms with E-state index in [0.29, 0.717) is 11.1 Å². The molecule has 8 nitrogen and oxygen atoms in total. The topological polar surface area (TPSA) is 105 Å². The van der Waals surface area contributed by atoms with E-state index in [1.54, 1.807) is 0 Å². The van der Waals surface area contributed by atoms with Crippen LogP contribution in [0.4, 0.5) is 0 Å². The largest absolute Gasteiger partial charge is 0.465 e. The molecule has 0 amide bonds. The van der Waals surface area contributed by atoms with Crippen LogP contribution in [0.15, 0.2) is 36.4 Å². The van der Waals surface area contributed by atoms with Gasteiger partial charge in [-0.15, -0.1) is 0 Å². The Balaban J connectivity index is 2.75. The average Bonchev–Trinajstić information content (AvgIpc) is 2.75. The Hall–Kier alpha value is -3.68. The second-order valence-corrected chi connectivity index (χ2v) is 5.49. The first-order valence-corrected chi connectivity index (χ1v) is 7.99. The zero-order valence-electron chi connectivity index (χ0n) is 15.7. The molecule has 2 aromatic rings. The summed E-state index contributed by atoms with van der Waals surface area (Å²) in [5, 5.41) is 0. The highest BCUT2D eigenvalue weighted by atomic mass is 16.5. The van der Waals surface area contributed by atoms with Gasteiger partial charge in [0, 0.05) is 0 Å². The van der Waals surface area contributed by atoms with Gasteiger partial charge in [0.1, 0.15) is 0 Å². The van der Waals surface area contributed by atoms with E-state index >= 15 is 0 Å². The van der Waals surface area contributed by atoms with Gasteiger partial charge in [-0.05, 0) is 35.4 Å². The molecule has 0 radical (unpaired) electrons. The Labute approximate surface area is 161 Å². The Bertz CT molecular complexity index is 868. The van der Waals surface area contributed by atoms with Gasteiger partial charge in [0.05, 0.1) is 50.7 Å². The van der Waals surface area contributed by atoms with E-state index in [2.05, 4.69) is 9.47 Å². The van der Waals surface area contributed by atoms with Crippen LogP contribution in [0.25, 0.3) is 11.1 Å². The van der Waals surface area contributed by atoms with Crippen molar-refractivity contribution in [1.29, 1.82) is 0 Å². The molecule has 0 atom stereocenters. The summed E-state index contributed by atoms with van der Waals surface area (Å²) in [5.74, 6) is -2.70. The number of carbonyl (C=O) groups excluding carboxylic acids is 4. The molecule has 0 saturated heterocycles. The van der Waals surface area contributed by atoms with Crippen molar-refractivity contribution >= 4 is 23.9 Å². The Morgan fingerprint density at radius 3 is 1.14 bits per heavy atom. The van der Waals surface area contributed by atoms with Crippen molar-refractivity contribution in [3.05, 3.63) is 58.7 Å². The van der Waals surface area contributed by atoms with Crippen LogP contribution in [0.3, 0.4) is 0 Å². The van der Waals surface area contributed by atoms with Crippen molar-refractivity contribution < 1.29 is 38.1 Å². The third kappa shape index (κ3) is 4.01. The molecule has 0 fully saturated rings. The molecule has 0 saturated carbocycles. The molecule has 0 aliphatic rings. The fourth-order valence-corrected chi connectivity index (χ4v) is 2.61. The van der Waals surface area contributed by atoms with E-state index in [9.17, 15) is 19.2 Å². The fourth-order valence-electron chi connectivity index (χ4n) is 2.61. The van der Waals surface area contributed by atoms with Gasteiger partial charge in [-0.2, -0.15) is 0 Å². The van der Waals surface area contributed by atoms with E-state index in [1.165, 1.54) is 64.8 Å². The lowest BCUT2D eigenvalue weighted by Gasteiger charge is -2.14. The maximum Gasteiger partial charge on any atom is 0.338 e. The number of methoxy groups -OCH3 is 4. The molecule has 8 heteroatoms. The summed E-state index contributed by atoms with van der Waals surface area (Å²) in [4.78, 5) is 48.2. The number of ether oxygens (including phenoxy) is 4. The summed E-state index contributed by atoms with van der Waals surface area (Å²) >= 11 is 0. The van der Waals surface area contributed by atoms with E-state index < -0.39 is 23.9 Å². The van der Waals surface area contributed by atoms with Crippen LogP contribution >= 0.6 is 0 Å². The van der Waals surface area contributed by atoms with Crippen molar-refractivity contribution in [2.45, 2.75) is 0 Å². The van der Waals surface area contributed by atoms with Gasteiger partial charge in [-0.25, -0.2) is 19.2 Å².